The summed E-state index contributed by atoms with van der Waals surface area (Å²) in [4.78, 5) is 1.48. The number of benzene rings is 1. The molecule has 3 heteroatoms. The van der Waals surface area contributed by atoms with Gasteiger partial charge in [0, 0.05) is 22.5 Å². The molecule has 0 bridgehead atoms. The molecule has 2 aromatic rings. The topological polar surface area (TPSA) is 12.0 Å². The summed E-state index contributed by atoms with van der Waals surface area (Å²) >= 11 is 8.00. The number of rotatable bonds is 7. The monoisotopic (exact) mass is 305 g/mol. The standard InChI is InChI=1S/C17H20ClNS/c18-15-4-1-3-13(11-15)14(12-19-16-7-8-16)6-9-17-5-2-10-20-17/h1-5,10-11,14,16,19H,6-9,12H2. The molecular formula is C17H20ClNS. The van der Waals surface area contributed by atoms with Crippen LogP contribution >= 0.6 is 22.9 Å². The molecule has 0 amide bonds. The minimum absolute atomic E-state index is 0.552. The highest BCUT2D eigenvalue weighted by molar-refractivity contribution is 7.09. The van der Waals surface area contributed by atoms with Gasteiger partial charge in [-0.3, -0.25) is 0 Å². The first-order valence-corrected chi connectivity index (χ1v) is 8.58. The summed E-state index contributed by atoms with van der Waals surface area (Å²) in [6, 6.07) is 13.5. The molecule has 20 heavy (non-hydrogen) atoms. The minimum atomic E-state index is 0.552. The smallest absolute Gasteiger partial charge is 0.0408 e. The third-order valence-electron chi connectivity index (χ3n) is 3.87. The van der Waals surface area contributed by atoms with Crippen LogP contribution < -0.4 is 5.32 Å². The van der Waals surface area contributed by atoms with E-state index in [1.807, 2.05) is 17.4 Å². The lowest BCUT2D eigenvalue weighted by molar-refractivity contribution is 0.549. The quantitative estimate of drug-likeness (QED) is 0.769. The third kappa shape index (κ3) is 4.08. The van der Waals surface area contributed by atoms with E-state index >= 15 is 0 Å². The van der Waals surface area contributed by atoms with Gasteiger partial charge in [-0.25, -0.2) is 0 Å². The Morgan fingerprint density at radius 3 is 2.85 bits per heavy atom. The van der Waals surface area contributed by atoms with Crippen LogP contribution in [-0.2, 0) is 6.42 Å². The summed E-state index contributed by atoms with van der Waals surface area (Å²) in [5.74, 6) is 0.552. The first-order valence-electron chi connectivity index (χ1n) is 7.32. The molecule has 1 nitrogen and oxygen atoms in total. The highest BCUT2D eigenvalue weighted by Gasteiger charge is 2.22. The van der Waals surface area contributed by atoms with E-state index in [1.165, 1.54) is 29.7 Å². The van der Waals surface area contributed by atoms with Crippen LogP contribution in [-0.4, -0.2) is 12.6 Å². The molecule has 0 saturated heterocycles. The van der Waals surface area contributed by atoms with E-state index in [9.17, 15) is 0 Å². The highest BCUT2D eigenvalue weighted by atomic mass is 35.5. The third-order valence-corrected chi connectivity index (χ3v) is 5.04. The van der Waals surface area contributed by atoms with Gasteiger partial charge in [-0.2, -0.15) is 0 Å². The molecule has 1 aliphatic carbocycles. The lowest BCUT2D eigenvalue weighted by atomic mass is 9.93. The van der Waals surface area contributed by atoms with Gasteiger partial charge in [0.15, 0.2) is 0 Å². The predicted molar refractivity (Wildman–Crippen MR) is 87.9 cm³/mol. The maximum atomic E-state index is 6.15. The number of thiophene rings is 1. The summed E-state index contributed by atoms with van der Waals surface area (Å²) in [6.45, 7) is 1.07. The van der Waals surface area contributed by atoms with Gasteiger partial charge in [-0.05, 0) is 60.7 Å². The van der Waals surface area contributed by atoms with Crippen molar-refractivity contribution in [3.63, 3.8) is 0 Å². The summed E-state index contributed by atoms with van der Waals surface area (Å²) < 4.78 is 0. The fourth-order valence-electron chi connectivity index (χ4n) is 2.51. The normalized spacial score (nSPS) is 16.2. The van der Waals surface area contributed by atoms with Gasteiger partial charge >= 0.3 is 0 Å². The summed E-state index contributed by atoms with van der Waals surface area (Å²) in [6.07, 6.45) is 5.02. The van der Waals surface area contributed by atoms with Crippen LogP contribution in [0.3, 0.4) is 0 Å². The average molecular weight is 306 g/mol. The van der Waals surface area contributed by atoms with Gasteiger partial charge in [0.25, 0.3) is 0 Å². The maximum Gasteiger partial charge on any atom is 0.0408 e. The van der Waals surface area contributed by atoms with Crippen molar-refractivity contribution in [2.24, 2.45) is 0 Å². The molecule has 1 aromatic heterocycles. The first kappa shape index (κ1) is 14.1. The molecule has 0 spiro atoms. The van der Waals surface area contributed by atoms with Crippen LogP contribution in [0.5, 0.6) is 0 Å². The fraction of sp³-hybridized carbons (Fsp3) is 0.412. The van der Waals surface area contributed by atoms with E-state index in [-0.39, 0.29) is 0 Å². The molecular weight excluding hydrogens is 286 g/mol. The molecule has 0 radical (unpaired) electrons. The van der Waals surface area contributed by atoms with Crippen molar-refractivity contribution in [1.82, 2.24) is 5.32 Å². The lowest BCUT2D eigenvalue weighted by Gasteiger charge is -2.18. The molecule has 1 saturated carbocycles. The summed E-state index contributed by atoms with van der Waals surface area (Å²) in [7, 11) is 0. The van der Waals surface area contributed by atoms with Gasteiger partial charge in [0.1, 0.15) is 0 Å². The molecule has 1 aliphatic rings. The van der Waals surface area contributed by atoms with Crippen LogP contribution in [0.4, 0.5) is 0 Å². The van der Waals surface area contributed by atoms with Crippen molar-refractivity contribution in [2.45, 2.75) is 37.6 Å². The first-order chi connectivity index (χ1) is 9.81. The molecule has 0 aliphatic heterocycles. The second kappa shape index (κ2) is 6.75. The molecule has 1 fully saturated rings. The average Bonchev–Trinajstić information content (AvgIpc) is 3.13. The lowest BCUT2D eigenvalue weighted by Crippen LogP contribution is -2.24. The van der Waals surface area contributed by atoms with Gasteiger partial charge in [0.05, 0.1) is 0 Å². The minimum Gasteiger partial charge on any atom is -0.313 e. The Bertz CT molecular complexity index is 534. The van der Waals surface area contributed by atoms with Crippen molar-refractivity contribution in [2.75, 3.05) is 6.54 Å². The van der Waals surface area contributed by atoms with E-state index in [0.29, 0.717) is 5.92 Å². The van der Waals surface area contributed by atoms with Crippen molar-refractivity contribution in [3.05, 3.63) is 57.2 Å². The van der Waals surface area contributed by atoms with Gasteiger partial charge in [0.2, 0.25) is 0 Å². The molecule has 1 heterocycles. The highest BCUT2D eigenvalue weighted by Crippen LogP contribution is 2.27. The van der Waals surface area contributed by atoms with Gasteiger partial charge in [-0.1, -0.05) is 29.8 Å². The molecule has 1 unspecified atom stereocenters. The number of hydrogen-bond donors (Lipinski definition) is 1. The largest absolute Gasteiger partial charge is 0.313 e. The van der Waals surface area contributed by atoms with Crippen molar-refractivity contribution in [3.8, 4) is 0 Å². The number of halogens is 1. The summed E-state index contributed by atoms with van der Waals surface area (Å²) in [5.41, 5.74) is 1.36. The van der Waals surface area contributed by atoms with Crippen molar-refractivity contribution < 1.29 is 0 Å². The molecule has 106 valence electrons. The fourth-order valence-corrected chi connectivity index (χ4v) is 3.44. The Hall–Kier alpha value is -0.830. The Kier molecular flexibility index (Phi) is 4.77. The molecule has 3 rings (SSSR count). The van der Waals surface area contributed by atoms with Crippen LogP contribution in [0.25, 0.3) is 0 Å². The second-order valence-corrected chi connectivity index (χ2v) is 7.02. The van der Waals surface area contributed by atoms with Crippen LogP contribution in [0.2, 0.25) is 5.02 Å². The van der Waals surface area contributed by atoms with Gasteiger partial charge in [-0.15, -0.1) is 11.3 Å². The van der Waals surface area contributed by atoms with Crippen molar-refractivity contribution >= 4 is 22.9 Å². The number of nitrogens with one attached hydrogen (secondary N) is 1. The zero-order chi connectivity index (χ0) is 13.8. The molecule has 1 atom stereocenters. The van der Waals surface area contributed by atoms with Gasteiger partial charge < -0.3 is 5.32 Å². The second-order valence-electron chi connectivity index (χ2n) is 5.55. The predicted octanol–water partition coefficient (Wildman–Crippen LogP) is 4.87. The Morgan fingerprint density at radius 2 is 2.15 bits per heavy atom. The summed E-state index contributed by atoms with van der Waals surface area (Å²) in [5, 5.41) is 6.67. The zero-order valence-electron chi connectivity index (χ0n) is 11.5. The Balaban J connectivity index is 1.65. The number of hydrogen-bond acceptors (Lipinski definition) is 2. The van der Waals surface area contributed by atoms with E-state index in [2.05, 4.69) is 41.0 Å². The molecule has 1 aromatic carbocycles. The van der Waals surface area contributed by atoms with E-state index in [4.69, 9.17) is 11.6 Å². The van der Waals surface area contributed by atoms with Crippen LogP contribution in [0.1, 0.15) is 35.6 Å². The van der Waals surface area contributed by atoms with Crippen LogP contribution in [0, 0.1) is 0 Å². The Morgan fingerprint density at radius 1 is 1.25 bits per heavy atom. The van der Waals surface area contributed by atoms with Crippen LogP contribution in [0.15, 0.2) is 41.8 Å². The Labute approximate surface area is 130 Å². The van der Waals surface area contributed by atoms with E-state index < -0.39 is 0 Å². The number of aryl methyl sites for hydroxylation is 1. The molecule has 1 N–H and O–H groups in total. The zero-order valence-corrected chi connectivity index (χ0v) is 13.1. The van der Waals surface area contributed by atoms with E-state index in [0.717, 1.165) is 24.0 Å². The maximum absolute atomic E-state index is 6.15. The van der Waals surface area contributed by atoms with E-state index in [1.54, 1.807) is 0 Å². The SMILES string of the molecule is Clc1cccc(C(CCc2cccs2)CNC2CC2)c1. The van der Waals surface area contributed by atoms with Crippen molar-refractivity contribution in [1.29, 1.82) is 0 Å².